The molecule has 6 N–H and O–H groups in total. The van der Waals surface area contributed by atoms with Gasteiger partial charge in [0.1, 0.15) is 5.82 Å². The Balaban J connectivity index is 1.20. The van der Waals surface area contributed by atoms with Crippen molar-refractivity contribution in [2.24, 2.45) is 5.73 Å². The van der Waals surface area contributed by atoms with Crippen LogP contribution in [0.4, 0.5) is 5.82 Å². The van der Waals surface area contributed by atoms with Gasteiger partial charge in [-0.2, -0.15) is 0 Å². The number of fused-ring (bicyclic) bond motifs is 1. The second kappa shape index (κ2) is 12.5. The third kappa shape index (κ3) is 6.43. The third-order valence-electron chi connectivity index (χ3n) is 7.70. The fraction of sp³-hybridized carbons (Fsp3) is 0.387. The number of anilines is 1. The summed E-state index contributed by atoms with van der Waals surface area (Å²) in [6, 6.07) is 15.8. The number of H-pyrrole nitrogens is 1. The molecule has 210 valence electrons. The summed E-state index contributed by atoms with van der Waals surface area (Å²) in [5, 5.41) is 10.4. The van der Waals surface area contributed by atoms with Crippen LogP contribution in [0.3, 0.4) is 0 Å². The van der Waals surface area contributed by atoms with Gasteiger partial charge >= 0.3 is 0 Å². The molecule has 1 aromatic carbocycles. The molecule has 9 nitrogen and oxygen atoms in total. The zero-order chi connectivity index (χ0) is 28.1. The predicted molar refractivity (Wildman–Crippen MR) is 157 cm³/mol. The normalized spacial score (nSPS) is 16.3. The number of aromatic amines is 1. The number of nitrogens with zero attached hydrogens (tertiary/aromatic N) is 3. The summed E-state index contributed by atoms with van der Waals surface area (Å²) >= 11 is 0. The standard InChI is InChI=1S/C31H38N6O3/c1-40-30-17-28-25(26(36-30)5-3-13-38)16-27(35-28)23-4-2-12-37(19-23)31(39)15-24(32)14-20-6-8-21(9-7-20)22-10-11-29(33)34-18-22/h6-11,16-18,23-24,35,38H,2-5,12-15,19,32H2,1H3,(H2,33,34)/t23-,24-/m1/s1. The number of rotatable bonds is 10. The lowest BCUT2D eigenvalue weighted by Gasteiger charge is -2.33. The Labute approximate surface area is 234 Å². The van der Waals surface area contributed by atoms with E-state index in [9.17, 15) is 9.90 Å². The molecule has 1 saturated heterocycles. The number of aliphatic hydroxyl groups is 1. The zero-order valence-corrected chi connectivity index (χ0v) is 23.0. The molecule has 0 radical (unpaired) electrons. The highest BCUT2D eigenvalue weighted by molar-refractivity contribution is 5.84. The summed E-state index contributed by atoms with van der Waals surface area (Å²) in [4.78, 5) is 27.5. The van der Waals surface area contributed by atoms with E-state index >= 15 is 0 Å². The number of nitrogens with two attached hydrogens (primary N) is 2. The number of aryl methyl sites for hydroxylation is 1. The number of amides is 1. The number of likely N-dealkylation sites (tertiary alicyclic amines) is 1. The molecule has 1 fully saturated rings. The Hall–Kier alpha value is -3.95. The van der Waals surface area contributed by atoms with Gasteiger partial charge in [0, 0.05) is 67.0 Å². The number of nitrogens with one attached hydrogen (secondary N) is 1. The molecule has 40 heavy (non-hydrogen) atoms. The molecule has 9 heteroatoms. The van der Waals surface area contributed by atoms with Crippen molar-refractivity contribution >= 4 is 22.6 Å². The van der Waals surface area contributed by atoms with Gasteiger partial charge in [-0.15, -0.1) is 0 Å². The molecular weight excluding hydrogens is 504 g/mol. The fourth-order valence-electron chi connectivity index (χ4n) is 5.55. The lowest BCUT2D eigenvalue weighted by molar-refractivity contribution is -0.132. The van der Waals surface area contributed by atoms with Crippen molar-refractivity contribution in [3.63, 3.8) is 0 Å². The van der Waals surface area contributed by atoms with E-state index in [1.807, 2.05) is 29.2 Å². The molecule has 0 unspecified atom stereocenters. The van der Waals surface area contributed by atoms with Crippen LogP contribution < -0.4 is 16.2 Å². The summed E-state index contributed by atoms with van der Waals surface area (Å²) in [6.45, 7) is 1.54. The molecule has 2 atom stereocenters. The minimum absolute atomic E-state index is 0.102. The van der Waals surface area contributed by atoms with E-state index in [1.54, 1.807) is 19.4 Å². The van der Waals surface area contributed by atoms with E-state index in [2.05, 4.69) is 33.2 Å². The minimum atomic E-state index is -0.252. The van der Waals surface area contributed by atoms with E-state index in [0.717, 1.165) is 58.4 Å². The van der Waals surface area contributed by atoms with Gasteiger partial charge in [0.25, 0.3) is 0 Å². The zero-order valence-electron chi connectivity index (χ0n) is 23.0. The highest BCUT2D eigenvalue weighted by Gasteiger charge is 2.27. The number of aromatic nitrogens is 3. The maximum atomic E-state index is 13.2. The van der Waals surface area contributed by atoms with E-state index in [-0.39, 0.29) is 24.5 Å². The van der Waals surface area contributed by atoms with Crippen LogP contribution in [0, 0.1) is 0 Å². The Morgan fingerprint density at radius 3 is 2.73 bits per heavy atom. The summed E-state index contributed by atoms with van der Waals surface area (Å²) < 4.78 is 5.39. The molecule has 0 aliphatic carbocycles. The summed E-state index contributed by atoms with van der Waals surface area (Å²) in [5.41, 5.74) is 18.3. The van der Waals surface area contributed by atoms with Gasteiger partial charge in [-0.1, -0.05) is 24.3 Å². The number of ether oxygens (including phenoxy) is 1. The highest BCUT2D eigenvalue weighted by Crippen LogP contribution is 2.32. The van der Waals surface area contributed by atoms with Gasteiger partial charge in [-0.25, -0.2) is 9.97 Å². The Kier molecular flexibility index (Phi) is 8.62. The van der Waals surface area contributed by atoms with Crippen molar-refractivity contribution < 1.29 is 14.6 Å². The van der Waals surface area contributed by atoms with E-state index < -0.39 is 0 Å². The topological polar surface area (TPSA) is 143 Å². The van der Waals surface area contributed by atoms with Crippen LogP contribution in [-0.4, -0.2) is 63.7 Å². The van der Waals surface area contributed by atoms with Crippen LogP contribution >= 0.6 is 0 Å². The number of nitrogen functional groups attached to an aromatic ring is 1. The van der Waals surface area contributed by atoms with Crippen LogP contribution in [0.25, 0.3) is 22.0 Å². The van der Waals surface area contributed by atoms with Gasteiger partial charge in [0.05, 0.1) is 18.3 Å². The molecule has 0 spiro atoms. The molecule has 1 aliphatic heterocycles. The number of hydrogen-bond donors (Lipinski definition) is 4. The molecule has 0 bridgehead atoms. The summed E-state index contributed by atoms with van der Waals surface area (Å²) in [6.07, 6.45) is 5.99. The first kappa shape index (κ1) is 27.6. The van der Waals surface area contributed by atoms with E-state index in [0.29, 0.717) is 43.9 Å². The SMILES string of the molecule is COc1cc2[nH]c([C@@H]3CCCN(C(=O)C[C@H](N)Cc4ccc(-c5ccc(N)nc5)cc4)C3)cc2c(CCCO)n1. The quantitative estimate of drug-likeness (QED) is 0.239. The van der Waals surface area contributed by atoms with Gasteiger partial charge in [0.15, 0.2) is 0 Å². The van der Waals surface area contributed by atoms with Crippen molar-refractivity contribution in [2.75, 3.05) is 32.5 Å². The van der Waals surface area contributed by atoms with Crippen LogP contribution in [0.1, 0.15) is 48.6 Å². The number of methoxy groups -OCH3 is 1. The Bertz CT molecular complexity index is 1430. The smallest absolute Gasteiger partial charge is 0.224 e. The molecule has 4 heterocycles. The van der Waals surface area contributed by atoms with Crippen LogP contribution in [-0.2, 0) is 17.6 Å². The first-order valence-electron chi connectivity index (χ1n) is 13.9. The lowest BCUT2D eigenvalue weighted by Crippen LogP contribution is -2.42. The first-order valence-corrected chi connectivity index (χ1v) is 13.9. The molecular formula is C31H38N6O3. The van der Waals surface area contributed by atoms with Crippen LogP contribution in [0.15, 0.2) is 54.7 Å². The van der Waals surface area contributed by atoms with Crippen molar-refractivity contribution in [3.8, 4) is 17.0 Å². The average molecular weight is 543 g/mol. The monoisotopic (exact) mass is 542 g/mol. The average Bonchev–Trinajstić information content (AvgIpc) is 3.41. The van der Waals surface area contributed by atoms with Crippen molar-refractivity contribution in [1.29, 1.82) is 0 Å². The van der Waals surface area contributed by atoms with Crippen molar-refractivity contribution in [1.82, 2.24) is 19.9 Å². The number of piperidine rings is 1. The highest BCUT2D eigenvalue weighted by atomic mass is 16.5. The summed E-state index contributed by atoms with van der Waals surface area (Å²) in [5.74, 6) is 1.37. The Morgan fingerprint density at radius 1 is 1.20 bits per heavy atom. The van der Waals surface area contributed by atoms with Crippen molar-refractivity contribution in [3.05, 3.63) is 71.7 Å². The first-order chi connectivity index (χ1) is 19.4. The second-order valence-electron chi connectivity index (χ2n) is 10.6. The fourth-order valence-corrected chi connectivity index (χ4v) is 5.55. The third-order valence-corrected chi connectivity index (χ3v) is 7.70. The number of benzene rings is 1. The largest absolute Gasteiger partial charge is 0.481 e. The summed E-state index contributed by atoms with van der Waals surface area (Å²) in [7, 11) is 1.61. The predicted octanol–water partition coefficient (Wildman–Crippen LogP) is 3.81. The van der Waals surface area contributed by atoms with Gasteiger partial charge in [0.2, 0.25) is 11.8 Å². The maximum absolute atomic E-state index is 13.2. The van der Waals surface area contributed by atoms with Crippen LogP contribution in [0.2, 0.25) is 0 Å². The second-order valence-corrected chi connectivity index (χ2v) is 10.6. The van der Waals surface area contributed by atoms with Gasteiger partial charge in [-0.05, 0) is 61.4 Å². The van der Waals surface area contributed by atoms with E-state index in [4.69, 9.17) is 16.2 Å². The molecule has 0 saturated carbocycles. The number of carbonyl (C=O) groups is 1. The van der Waals surface area contributed by atoms with Gasteiger partial charge in [-0.3, -0.25) is 4.79 Å². The molecule has 4 aromatic rings. The van der Waals surface area contributed by atoms with E-state index in [1.165, 1.54) is 0 Å². The minimum Gasteiger partial charge on any atom is -0.481 e. The number of pyridine rings is 2. The molecule has 5 rings (SSSR count). The number of aliphatic hydroxyl groups excluding tert-OH is 1. The number of carbonyl (C=O) groups excluding carboxylic acids is 1. The lowest BCUT2D eigenvalue weighted by atomic mass is 9.93. The van der Waals surface area contributed by atoms with Gasteiger partial charge < -0.3 is 31.2 Å². The molecule has 1 aliphatic rings. The van der Waals surface area contributed by atoms with Crippen molar-refractivity contribution in [2.45, 2.75) is 50.5 Å². The molecule has 1 amide bonds. The molecule has 3 aromatic heterocycles. The number of hydrogen-bond acceptors (Lipinski definition) is 7. The Morgan fingerprint density at radius 2 is 2.00 bits per heavy atom. The maximum Gasteiger partial charge on any atom is 0.224 e. The van der Waals surface area contributed by atoms with Crippen LogP contribution in [0.5, 0.6) is 5.88 Å².